The number of nitrogens with one attached hydrogen (secondary N) is 1. The molecule has 1 aromatic carbocycles. The molecule has 2 aromatic rings. The predicted octanol–water partition coefficient (Wildman–Crippen LogP) is 3.41. The molecule has 1 heterocycles. The minimum Gasteiger partial charge on any atom is -0.481 e. The maximum absolute atomic E-state index is 12.0. The monoisotopic (exact) mass is 416 g/mol. The molecule has 1 aromatic heterocycles. The Bertz CT molecular complexity index is 640. The van der Waals surface area contributed by atoms with Gasteiger partial charge in [-0.2, -0.15) is 0 Å². The number of aliphatic carboxylic acids is 1. The van der Waals surface area contributed by atoms with Crippen LogP contribution < -0.4 is 5.32 Å². The Morgan fingerprint density at radius 1 is 1.29 bits per heavy atom. The van der Waals surface area contributed by atoms with Gasteiger partial charge in [-0.25, -0.2) is 4.98 Å². The Morgan fingerprint density at radius 3 is 2.67 bits per heavy atom. The van der Waals surface area contributed by atoms with Gasteiger partial charge in [0.25, 0.3) is 5.91 Å². The van der Waals surface area contributed by atoms with Gasteiger partial charge in [0.2, 0.25) is 0 Å². The van der Waals surface area contributed by atoms with Crippen molar-refractivity contribution in [1.82, 2.24) is 4.98 Å². The highest BCUT2D eigenvalue weighted by molar-refractivity contribution is 14.1. The third-order valence-electron chi connectivity index (χ3n) is 2.70. The van der Waals surface area contributed by atoms with E-state index in [1.165, 1.54) is 11.3 Å². The van der Waals surface area contributed by atoms with Crippen LogP contribution in [0.4, 0.5) is 5.13 Å². The summed E-state index contributed by atoms with van der Waals surface area (Å²) in [6.07, 6.45) is 1.27. The molecule has 0 spiro atoms. The van der Waals surface area contributed by atoms with Crippen LogP contribution in [-0.4, -0.2) is 22.0 Å². The lowest BCUT2D eigenvalue weighted by atomic mass is 10.2. The van der Waals surface area contributed by atoms with E-state index in [0.29, 0.717) is 23.5 Å². The fraction of sp³-hybridized carbons (Fsp3) is 0.214. The third-order valence-corrected chi connectivity index (χ3v) is 4.23. The number of rotatable bonds is 6. The van der Waals surface area contributed by atoms with Gasteiger partial charge in [0.1, 0.15) is 0 Å². The first kappa shape index (κ1) is 15.9. The SMILES string of the molecule is O=C(O)CCCc1csc(NC(=O)c2ccc(I)cc2)n1. The van der Waals surface area contributed by atoms with Crippen molar-refractivity contribution in [3.63, 3.8) is 0 Å². The average molecular weight is 416 g/mol. The van der Waals surface area contributed by atoms with Gasteiger partial charge in [-0.1, -0.05) is 0 Å². The number of thiazole rings is 1. The summed E-state index contributed by atoms with van der Waals surface area (Å²) in [4.78, 5) is 26.7. The number of hydrogen-bond donors (Lipinski definition) is 2. The Balaban J connectivity index is 1.91. The van der Waals surface area contributed by atoms with E-state index in [-0.39, 0.29) is 12.3 Å². The molecule has 0 bridgehead atoms. The molecule has 0 aliphatic heterocycles. The first-order valence-corrected chi connectivity index (χ1v) is 8.23. The predicted molar refractivity (Wildman–Crippen MR) is 89.8 cm³/mol. The van der Waals surface area contributed by atoms with Crippen LogP contribution in [0.15, 0.2) is 29.6 Å². The van der Waals surface area contributed by atoms with Crippen LogP contribution in [0.5, 0.6) is 0 Å². The molecule has 0 unspecified atom stereocenters. The van der Waals surface area contributed by atoms with Gasteiger partial charge in [-0.05, 0) is 59.7 Å². The molecule has 0 saturated heterocycles. The van der Waals surface area contributed by atoms with Crippen molar-refractivity contribution in [2.24, 2.45) is 0 Å². The van der Waals surface area contributed by atoms with E-state index in [1.54, 1.807) is 12.1 Å². The Kier molecular flexibility index (Phi) is 5.68. The summed E-state index contributed by atoms with van der Waals surface area (Å²) >= 11 is 3.52. The molecule has 2 rings (SSSR count). The van der Waals surface area contributed by atoms with Crippen LogP contribution in [0.3, 0.4) is 0 Å². The zero-order valence-corrected chi connectivity index (χ0v) is 14.0. The molecule has 110 valence electrons. The molecule has 0 aliphatic rings. The van der Waals surface area contributed by atoms with Crippen LogP contribution >= 0.6 is 33.9 Å². The molecule has 0 fully saturated rings. The van der Waals surface area contributed by atoms with Gasteiger partial charge >= 0.3 is 5.97 Å². The maximum Gasteiger partial charge on any atom is 0.303 e. The highest BCUT2D eigenvalue weighted by Crippen LogP contribution is 2.18. The quantitative estimate of drug-likeness (QED) is 0.708. The smallest absolute Gasteiger partial charge is 0.303 e. The van der Waals surface area contributed by atoms with E-state index in [1.807, 2.05) is 17.5 Å². The van der Waals surface area contributed by atoms with Crippen molar-refractivity contribution < 1.29 is 14.7 Å². The molecule has 0 atom stereocenters. The normalized spacial score (nSPS) is 10.3. The van der Waals surface area contributed by atoms with Gasteiger partial charge in [0, 0.05) is 20.9 Å². The lowest BCUT2D eigenvalue weighted by molar-refractivity contribution is -0.137. The highest BCUT2D eigenvalue weighted by atomic mass is 127. The number of nitrogens with zero attached hydrogens (tertiary/aromatic N) is 1. The average Bonchev–Trinajstić information content (AvgIpc) is 2.86. The minimum atomic E-state index is -0.808. The molecule has 0 radical (unpaired) electrons. The number of carbonyl (C=O) groups is 2. The van der Waals surface area contributed by atoms with E-state index >= 15 is 0 Å². The maximum atomic E-state index is 12.0. The minimum absolute atomic E-state index is 0.127. The van der Waals surface area contributed by atoms with Crippen LogP contribution in [0.2, 0.25) is 0 Å². The molecular formula is C14H13IN2O3S. The van der Waals surface area contributed by atoms with E-state index in [2.05, 4.69) is 32.9 Å². The number of anilines is 1. The van der Waals surface area contributed by atoms with E-state index in [0.717, 1.165) is 9.26 Å². The number of hydrogen-bond acceptors (Lipinski definition) is 4. The topological polar surface area (TPSA) is 79.3 Å². The first-order chi connectivity index (χ1) is 10.0. The van der Waals surface area contributed by atoms with Crippen LogP contribution in [0, 0.1) is 3.57 Å². The molecule has 0 aliphatic carbocycles. The number of aromatic nitrogens is 1. The van der Waals surface area contributed by atoms with Crippen molar-refractivity contribution in [3.05, 3.63) is 44.5 Å². The summed E-state index contributed by atoms with van der Waals surface area (Å²) in [5.41, 5.74) is 1.39. The fourth-order valence-electron chi connectivity index (χ4n) is 1.67. The van der Waals surface area contributed by atoms with Crippen molar-refractivity contribution in [3.8, 4) is 0 Å². The number of benzene rings is 1. The van der Waals surface area contributed by atoms with Crippen LogP contribution in [-0.2, 0) is 11.2 Å². The number of carbonyl (C=O) groups excluding carboxylic acids is 1. The number of halogens is 1. The number of carboxylic acid groups (broad SMARTS) is 1. The summed E-state index contributed by atoms with van der Waals surface area (Å²) in [5.74, 6) is -1.00. The van der Waals surface area contributed by atoms with E-state index in [4.69, 9.17) is 5.11 Å². The van der Waals surface area contributed by atoms with Gasteiger partial charge in [0.15, 0.2) is 5.13 Å². The highest BCUT2D eigenvalue weighted by Gasteiger charge is 2.09. The van der Waals surface area contributed by atoms with Gasteiger partial charge < -0.3 is 5.11 Å². The Morgan fingerprint density at radius 2 is 2.00 bits per heavy atom. The second-order valence-electron chi connectivity index (χ2n) is 4.35. The molecular weight excluding hydrogens is 403 g/mol. The third kappa shape index (κ3) is 5.09. The molecule has 2 N–H and O–H groups in total. The first-order valence-electron chi connectivity index (χ1n) is 6.28. The molecule has 5 nitrogen and oxygen atoms in total. The summed E-state index contributed by atoms with van der Waals surface area (Å²) in [5, 5.41) is 13.7. The lowest BCUT2D eigenvalue weighted by Gasteiger charge is -2.01. The lowest BCUT2D eigenvalue weighted by Crippen LogP contribution is -2.11. The Hall–Kier alpha value is -1.48. The summed E-state index contributed by atoms with van der Waals surface area (Å²) < 4.78 is 1.07. The molecule has 7 heteroatoms. The van der Waals surface area contributed by atoms with Crippen molar-refractivity contribution in [2.75, 3.05) is 5.32 Å². The van der Waals surface area contributed by atoms with Crippen molar-refractivity contribution >= 4 is 50.9 Å². The summed E-state index contributed by atoms with van der Waals surface area (Å²) in [7, 11) is 0. The second-order valence-corrected chi connectivity index (χ2v) is 6.46. The zero-order chi connectivity index (χ0) is 15.2. The summed E-state index contributed by atoms with van der Waals surface area (Å²) in [6, 6.07) is 7.26. The van der Waals surface area contributed by atoms with E-state index in [9.17, 15) is 9.59 Å². The van der Waals surface area contributed by atoms with E-state index < -0.39 is 5.97 Å². The largest absolute Gasteiger partial charge is 0.481 e. The van der Waals surface area contributed by atoms with Crippen LogP contribution in [0.25, 0.3) is 0 Å². The summed E-state index contributed by atoms with van der Waals surface area (Å²) in [6.45, 7) is 0. The zero-order valence-electron chi connectivity index (χ0n) is 11.0. The number of aryl methyl sites for hydroxylation is 1. The van der Waals surface area contributed by atoms with Gasteiger partial charge in [-0.3, -0.25) is 14.9 Å². The van der Waals surface area contributed by atoms with Gasteiger partial charge in [0.05, 0.1) is 5.69 Å². The molecule has 21 heavy (non-hydrogen) atoms. The van der Waals surface area contributed by atoms with Gasteiger partial charge in [-0.15, -0.1) is 11.3 Å². The van der Waals surface area contributed by atoms with Crippen molar-refractivity contribution in [2.45, 2.75) is 19.3 Å². The fourth-order valence-corrected chi connectivity index (χ4v) is 2.77. The van der Waals surface area contributed by atoms with Crippen LogP contribution in [0.1, 0.15) is 28.9 Å². The molecule has 0 saturated carbocycles. The number of carboxylic acids is 1. The standard InChI is InChI=1S/C14H13IN2O3S/c15-10-6-4-9(5-7-10)13(20)17-14-16-11(8-21-14)2-1-3-12(18)19/h4-8H,1-3H2,(H,18,19)(H,16,17,20). The molecule has 1 amide bonds. The van der Waals surface area contributed by atoms with Crippen molar-refractivity contribution in [1.29, 1.82) is 0 Å². The Labute approximate surface area is 139 Å². The second kappa shape index (κ2) is 7.51. The number of amides is 1.